The summed E-state index contributed by atoms with van der Waals surface area (Å²) in [6.07, 6.45) is 4.90. The summed E-state index contributed by atoms with van der Waals surface area (Å²) in [6.45, 7) is 12.9. The van der Waals surface area contributed by atoms with Gasteiger partial charge in [-0.05, 0) is 49.8 Å². The molecule has 1 aliphatic rings. The van der Waals surface area contributed by atoms with Gasteiger partial charge in [0.25, 0.3) is 0 Å². The Morgan fingerprint density at radius 3 is 2.11 bits per heavy atom. The normalized spacial score (nSPS) is 17.5. The summed E-state index contributed by atoms with van der Waals surface area (Å²) in [5.41, 5.74) is 0.945. The molecule has 1 saturated carbocycles. The quantitative estimate of drug-likeness (QED) is 0.188. The second-order valence-electron chi connectivity index (χ2n) is 13.0. The molecule has 0 bridgehead atoms. The van der Waals surface area contributed by atoms with E-state index in [9.17, 15) is 24.6 Å². The third kappa shape index (κ3) is 12.5. The largest absolute Gasteiger partial charge is 0.390 e. The lowest BCUT2D eigenvalue weighted by atomic mass is 9.82. The van der Waals surface area contributed by atoms with Crippen LogP contribution < -0.4 is 10.6 Å². The second-order valence-corrected chi connectivity index (χ2v) is 13.0. The zero-order valence-electron chi connectivity index (χ0n) is 28.1. The summed E-state index contributed by atoms with van der Waals surface area (Å²) < 4.78 is 0. The second kappa shape index (κ2) is 19.8. The highest BCUT2D eigenvalue weighted by molar-refractivity contribution is 5.91. The molecule has 0 spiro atoms. The van der Waals surface area contributed by atoms with E-state index in [1.54, 1.807) is 18.9 Å². The zero-order valence-corrected chi connectivity index (χ0v) is 28.1. The van der Waals surface area contributed by atoms with E-state index in [1.807, 2.05) is 44.2 Å². The Bertz CT molecular complexity index is 981. The Morgan fingerprint density at radius 2 is 1.55 bits per heavy atom. The van der Waals surface area contributed by atoms with Gasteiger partial charge in [-0.25, -0.2) is 0 Å². The summed E-state index contributed by atoms with van der Waals surface area (Å²) in [6, 6.07) is 8.16. The minimum atomic E-state index is -1.09. The van der Waals surface area contributed by atoms with Crippen molar-refractivity contribution in [1.29, 1.82) is 0 Å². The van der Waals surface area contributed by atoms with E-state index in [2.05, 4.69) is 29.4 Å². The third-order valence-electron chi connectivity index (χ3n) is 9.30. The van der Waals surface area contributed by atoms with Crippen LogP contribution >= 0.6 is 0 Å². The number of benzene rings is 1. The summed E-state index contributed by atoms with van der Waals surface area (Å²) in [5.74, 6) is -1.33. The minimum Gasteiger partial charge on any atom is -0.390 e. The van der Waals surface area contributed by atoms with Crippen LogP contribution in [-0.4, -0.2) is 95.3 Å². The van der Waals surface area contributed by atoms with E-state index >= 15 is 0 Å². The van der Waals surface area contributed by atoms with Crippen LogP contribution in [0.2, 0.25) is 0 Å². The van der Waals surface area contributed by atoms with Gasteiger partial charge in [-0.3, -0.25) is 14.4 Å². The van der Waals surface area contributed by atoms with Crippen molar-refractivity contribution in [3.05, 3.63) is 35.9 Å². The molecule has 0 aromatic heterocycles. The third-order valence-corrected chi connectivity index (χ3v) is 9.30. The summed E-state index contributed by atoms with van der Waals surface area (Å²) in [7, 11) is 1.77. The van der Waals surface area contributed by atoms with Crippen LogP contribution in [0.25, 0.3) is 0 Å². The highest BCUT2D eigenvalue weighted by atomic mass is 16.3. The first-order valence-electron chi connectivity index (χ1n) is 17.0. The molecule has 1 aromatic rings. The Balaban J connectivity index is 2.19. The van der Waals surface area contributed by atoms with Crippen molar-refractivity contribution in [3.63, 3.8) is 0 Å². The zero-order chi connectivity index (χ0) is 32.6. The number of rotatable bonds is 19. The molecule has 2 rings (SSSR count). The fourth-order valence-corrected chi connectivity index (χ4v) is 6.13. The molecule has 1 aliphatic carbocycles. The predicted molar refractivity (Wildman–Crippen MR) is 176 cm³/mol. The van der Waals surface area contributed by atoms with Gasteiger partial charge < -0.3 is 30.6 Å². The lowest BCUT2D eigenvalue weighted by molar-refractivity contribution is -0.137. The van der Waals surface area contributed by atoms with Crippen molar-refractivity contribution < 1.29 is 24.6 Å². The molecular formula is C35H60N4O5. The summed E-state index contributed by atoms with van der Waals surface area (Å²) in [4.78, 5) is 44.8. The molecule has 0 saturated heterocycles. The van der Waals surface area contributed by atoms with Crippen molar-refractivity contribution >= 4 is 17.7 Å². The van der Waals surface area contributed by atoms with Crippen molar-refractivity contribution in [2.75, 3.05) is 33.2 Å². The molecule has 1 unspecified atom stereocenters. The van der Waals surface area contributed by atoms with Crippen LogP contribution in [0, 0.1) is 17.8 Å². The van der Waals surface area contributed by atoms with Gasteiger partial charge in [0.2, 0.25) is 17.7 Å². The van der Waals surface area contributed by atoms with Gasteiger partial charge >= 0.3 is 0 Å². The Labute approximate surface area is 266 Å². The molecular weight excluding hydrogens is 556 g/mol. The maximum atomic E-state index is 13.8. The standard InChI is InChI=1S/C35H60N4O5/c1-7-30(40)33(42)29(23-27-18-14-11-15-19-27)36-35(44)32(25(4)5)37-34(43)28(22-26-16-12-10-13-17-26)24-31(41)38(6)20-21-39(8-2)9-3/h10,12-13,16-17,25,27-30,32-33,40,42H,7-9,11,14-15,18-24H2,1-6H3,(H,36,44)(H,37,43)/t28?,29-,30-,32-,33+/m0/s1. The SMILES string of the molecule is CC[C@H](O)[C@H](O)[C@H](CC1CCCCC1)NC(=O)[C@@H](NC(=O)C(CC(=O)N(C)CCN(CC)CC)Cc1ccccc1)C(C)C. The topological polar surface area (TPSA) is 122 Å². The van der Waals surface area contributed by atoms with Crippen LogP contribution in [0.5, 0.6) is 0 Å². The smallest absolute Gasteiger partial charge is 0.243 e. The van der Waals surface area contributed by atoms with E-state index in [1.165, 1.54) is 6.42 Å². The van der Waals surface area contributed by atoms with E-state index in [0.717, 1.165) is 50.9 Å². The van der Waals surface area contributed by atoms with Crippen LogP contribution in [-0.2, 0) is 20.8 Å². The first kappa shape index (κ1) is 37.7. The highest BCUT2D eigenvalue weighted by Gasteiger charge is 2.34. The lowest BCUT2D eigenvalue weighted by Gasteiger charge is -2.34. The molecule has 0 heterocycles. The minimum absolute atomic E-state index is 0.0353. The van der Waals surface area contributed by atoms with E-state index < -0.39 is 30.2 Å². The number of nitrogens with zero attached hydrogens (tertiary/aromatic N) is 2. The molecule has 9 heteroatoms. The molecule has 5 atom stereocenters. The molecule has 44 heavy (non-hydrogen) atoms. The van der Waals surface area contributed by atoms with Gasteiger partial charge in [-0.15, -0.1) is 0 Å². The number of nitrogens with one attached hydrogen (secondary N) is 2. The molecule has 0 radical (unpaired) electrons. The number of aliphatic hydroxyl groups excluding tert-OH is 2. The lowest BCUT2D eigenvalue weighted by Crippen LogP contribution is -2.57. The van der Waals surface area contributed by atoms with Crippen molar-refractivity contribution in [1.82, 2.24) is 20.4 Å². The maximum Gasteiger partial charge on any atom is 0.243 e. The van der Waals surface area contributed by atoms with E-state index in [4.69, 9.17) is 0 Å². The fraction of sp³-hybridized carbons (Fsp3) is 0.743. The predicted octanol–water partition coefficient (Wildman–Crippen LogP) is 3.76. The monoisotopic (exact) mass is 616 g/mol. The van der Waals surface area contributed by atoms with Gasteiger partial charge in [0.1, 0.15) is 6.04 Å². The Hall–Kier alpha value is -2.49. The number of amides is 3. The van der Waals surface area contributed by atoms with E-state index in [-0.39, 0.29) is 30.1 Å². The molecule has 3 amide bonds. The number of likely N-dealkylation sites (N-methyl/N-ethyl adjacent to an activating group) is 2. The van der Waals surface area contributed by atoms with Crippen LogP contribution in [0.1, 0.15) is 91.5 Å². The Morgan fingerprint density at radius 1 is 0.909 bits per heavy atom. The van der Waals surface area contributed by atoms with Gasteiger partial charge in [0.15, 0.2) is 0 Å². The number of carbonyl (C=O) groups excluding carboxylic acids is 3. The highest BCUT2D eigenvalue weighted by Crippen LogP contribution is 2.29. The first-order valence-corrected chi connectivity index (χ1v) is 17.0. The van der Waals surface area contributed by atoms with Gasteiger partial charge in [0.05, 0.1) is 24.2 Å². The van der Waals surface area contributed by atoms with Gasteiger partial charge in [-0.2, -0.15) is 0 Å². The molecule has 1 fully saturated rings. The van der Waals surface area contributed by atoms with Crippen molar-refractivity contribution in [2.24, 2.45) is 17.8 Å². The average molecular weight is 617 g/mol. The summed E-state index contributed by atoms with van der Waals surface area (Å²) >= 11 is 0. The summed E-state index contributed by atoms with van der Waals surface area (Å²) in [5, 5.41) is 27.4. The first-order chi connectivity index (χ1) is 21.0. The molecule has 4 N–H and O–H groups in total. The Kier molecular flexibility index (Phi) is 17.0. The number of hydrogen-bond donors (Lipinski definition) is 4. The molecule has 0 aliphatic heterocycles. The van der Waals surface area contributed by atoms with Crippen LogP contribution in [0.3, 0.4) is 0 Å². The fourth-order valence-electron chi connectivity index (χ4n) is 6.13. The maximum absolute atomic E-state index is 13.8. The number of aliphatic hydroxyl groups is 2. The van der Waals surface area contributed by atoms with E-state index in [0.29, 0.717) is 31.7 Å². The molecule has 9 nitrogen and oxygen atoms in total. The van der Waals surface area contributed by atoms with Crippen molar-refractivity contribution in [2.45, 2.75) is 117 Å². The van der Waals surface area contributed by atoms with Crippen LogP contribution in [0.15, 0.2) is 30.3 Å². The van der Waals surface area contributed by atoms with Gasteiger partial charge in [0, 0.05) is 26.6 Å². The number of carbonyl (C=O) groups is 3. The molecule has 1 aromatic carbocycles. The molecule has 250 valence electrons. The van der Waals surface area contributed by atoms with Crippen molar-refractivity contribution in [3.8, 4) is 0 Å². The van der Waals surface area contributed by atoms with Crippen LogP contribution in [0.4, 0.5) is 0 Å². The average Bonchev–Trinajstić information content (AvgIpc) is 3.03. The number of hydrogen-bond acceptors (Lipinski definition) is 6. The van der Waals surface area contributed by atoms with Gasteiger partial charge in [-0.1, -0.05) is 97.1 Å².